The molecule has 0 aliphatic carbocycles. The van der Waals surface area contributed by atoms with Crippen molar-refractivity contribution in [3.63, 3.8) is 0 Å². The number of likely N-dealkylation sites (tertiary alicyclic amines) is 1. The largest absolute Gasteiger partial charge is 0.444 e. The van der Waals surface area contributed by atoms with E-state index in [4.69, 9.17) is 9.26 Å². The molecule has 1 fully saturated rings. The molecule has 3 aromatic rings. The van der Waals surface area contributed by atoms with Crippen molar-refractivity contribution >= 4 is 17.0 Å². The standard InChI is InChI=1S/C19H22N4O3/c1-19(2,3)25-18(24)23-11-5-8-15(23)17-21-16(22-26-17)13-6-4-7-14-12(13)9-10-20-14/h4,6-7,9-10,15,20H,5,8,11H2,1-3H3/t15-/m0/s1. The number of benzene rings is 1. The fraction of sp³-hybridized carbons (Fsp3) is 0.421. The Morgan fingerprint density at radius 1 is 1.35 bits per heavy atom. The molecular weight excluding hydrogens is 332 g/mol. The number of fused-ring (bicyclic) bond motifs is 1. The Morgan fingerprint density at radius 2 is 2.19 bits per heavy atom. The van der Waals surface area contributed by atoms with Crippen molar-refractivity contribution in [3.05, 3.63) is 36.4 Å². The van der Waals surface area contributed by atoms with Crippen LogP contribution in [0.5, 0.6) is 0 Å². The van der Waals surface area contributed by atoms with Gasteiger partial charge in [0, 0.05) is 29.2 Å². The van der Waals surface area contributed by atoms with Crippen LogP contribution in [0.25, 0.3) is 22.3 Å². The van der Waals surface area contributed by atoms with Crippen LogP contribution in [0.4, 0.5) is 4.79 Å². The number of hydrogen-bond acceptors (Lipinski definition) is 5. The molecule has 1 saturated heterocycles. The molecule has 3 heterocycles. The van der Waals surface area contributed by atoms with Gasteiger partial charge in [-0.05, 0) is 45.7 Å². The number of nitrogens with zero attached hydrogens (tertiary/aromatic N) is 3. The maximum absolute atomic E-state index is 12.5. The number of aromatic nitrogens is 3. The van der Waals surface area contributed by atoms with Gasteiger partial charge >= 0.3 is 6.09 Å². The zero-order chi connectivity index (χ0) is 18.3. The lowest BCUT2D eigenvalue weighted by atomic mass is 10.1. The molecule has 0 spiro atoms. The number of carbonyl (C=O) groups is 1. The van der Waals surface area contributed by atoms with Gasteiger partial charge in [-0.1, -0.05) is 17.3 Å². The summed E-state index contributed by atoms with van der Waals surface area (Å²) in [7, 11) is 0. The van der Waals surface area contributed by atoms with E-state index in [2.05, 4.69) is 15.1 Å². The summed E-state index contributed by atoms with van der Waals surface area (Å²) < 4.78 is 11.0. The molecule has 7 nitrogen and oxygen atoms in total. The first kappa shape index (κ1) is 16.6. The first-order valence-electron chi connectivity index (χ1n) is 8.82. The molecular formula is C19H22N4O3. The van der Waals surface area contributed by atoms with Crippen molar-refractivity contribution < 1.29 is 14.1 Å². The third-order valence-corrected chi connectivity index (χ3v) is 4.44. The van der Waals surface area contributed by atoms with Crippen LogP contribution in [0.3, 0.4) is 0 Å². The molecule has 7 heteroatoms. The SMILES string of the molecule is CC(C)(C)OC(=O)N1CCC[C@H]1c1nc(-c2cccc3[nH]ccc23)no1. The monoisotopic (exact) mass is 354 g/mol. The van der Waals surface area contributed by atoms with E-state index in [1.165, 1.54) is 0 Å². The van der Waals surface area contributed by atoms with Crippen molar-refractivity contribution in [3.8, 4) is 11.4 Å². The molecule has 0 radical (unpaired) electrons. The number of hydrogen-bond donors (Lipinski definition) is 1. The van der Waals surface area contributed by atoms with E-state index in [1.54, 1.807) is 4.90 Å². The number of ether oxygens (including phenoxy) is 1. The molecule has 2 aromatic heterocycles. The zero-order valence-electron chi connectivity index (χ0n) is 15.2. The smallest absolute Gasteiger partial charge is 0.410 e. The summed E-state index contributed by atoms with van der Waals surface area (Å²) in [6.07, 6.45) is 3.22. The molecule has 1 amide bonds. The van der Waals surface area contributed by atoms with E-state index in [0.29, 0.717) is 18.3 Å². The number of amides is 1. The quantitative estimate of drug-likeness (QED) is 0.742. The highest BCUT2D eigenvalue weighted by molar-refractivity contribution is 5.93. The maximum Gasteiger partial charge on any atom is 0.410 e. The molecule has 0 bridgehead atoms. The van der Waals surface area contributed by atoms with Gasteiger partial charge in [-0.2, -0.15) is 4.98 Å². The molecule has 1 aromatic carbocycles. The topological polar surface area (TPSA) is 84.2 Å². The van der Waals surface area contributed by atoms with Gasteiger partial charge in [0.15, 0.2) is 0 Å². The van der Waals surface area contributed by atoms with Crippen LogP contribution in [-0.2, 0) is 4.74 Å². The van der Waals surface area contributed by atoms with Gasteiger partial charge in [-0.25, -0.2) is 4.79 Å². The molecule has 26 heavy (non-hydrogen) atoms. The third kappa shape index (κ3) is 3.05. The average molecular weight is 354 g/mol. The van der Waals surface area contributed by atoms with E-state index < -0.39 is 5.60 Å². The Morgan fingerprint density at radius 3 is 3.00 bits per heavy atom. The fourth-order valence-corrected chi connectivity index (χ4v) is 3.32. The predicted molar refractivity (Wildman–Crippen MR) is 96.5 cm³/mol. The van der Waals surface area contributed by atoms with E-state index >= 15 is 0 Å². The van der Waals surface area contributed by atoms with Crippen molar-refractivity contribution in [1.82, 2.24) is 20.0 Å². The second-order valence-electron chi connectivity index (χ2n) is 7.53. The van der Waals surface area contributed by atoms with Gasteiger partial charge in [0.05, 0.1) is 0 Å². The highest BCUT2D eigenvalue weighted by atomic mass is 16.6. The van der Waals surface area contributed by atoms with Gasteiger partial charge in [-0.15, -0.1) is 0 Å². The highest BCUT2D eigenvalue weighted by Crippen LogP contribution is 2.34. The molecule has 4 rings (SSSR count). The summed E-state index contributed by atoms with van der Waals surface area (Å²) in [5, 5.41) is 5.19. The van der Waals surface area contributed by atoms with Gasteiger partial charge in [0.2, 0.25) is 11.7 Å². The Hall–Kier alpha value is -2.83. The van der Waals surface area contributed by atoms with Gasteiger partial charge < -0.3 is 14.2 Å². The minimum Gasteiger partial charge on any atom is -0.444 e. The summed E-state index contributed by atoms with van der Waals surface area (Å²) in [5.74, 6) is 0.983. The van der Waals surface area contributed by atoms with Crippen molar-refractivity contribution in [2.45, 2.75) is 45.3 Å². The van der Waals surface area contributed by atoms with E-state index in [9.17, 15) is 4.79 Å². The van der Waals surface area contributed by atoms with Crippen LogP contribution in [0, 0.1) is 0 Å². The van der Waals surface area contributed by atoms with Crippen molar-refractivity contribution in [2.75, 3.05) is 6.54 Å². The summed E-state index contributed by atoms with van der Waals surface area (Å²) in [5.41, 5.74) is 1.39. The maximum atomic E-state index is 12.5. The Kier molecular flexibility index (Phi) is 3.94. The number of carbonyl (C=O) groups excluding carboxylic acids is 1. The van der Waals surface area contributed by atoms with Crippen LogP contribution >= 0.6 is 0 Å². The summed E-state index contributed by atoms with van der Waals surface area (Å²) >= 11 is 0. The summed E-state index contributed by atoms with van der Waals surface area (Å²) in [6.45, 7) is 6.21. The van der Waals surface area contributed by atoms with E-state index in [1.807, 2.05) is 51.2 Å². The molecule has 1 atom stereocenters. The number of rotatable bonds is 2. The number of H-pyrrole nitrogens is 1. The zero-order valence-corrected chi connectivity index (χ0v) is 15.2. The predicted octanol–water partition coefficient (Wildman–Crippen LogP) is 4.29. The summed E-state index contributed by atoms with van der Waals surface area (Å²) in [4.78, 5) is 21.9. The van der Waals surface area contributed by atoms with Crippen LogP contribution in [0.15, 0.2) is 35.0 Å². The molecule has 0 saturated carbocycles. The Labute approximate surface area is 151 Å². The average Bonchev–Trinajstić information content (AvgIpc) is 3.31. The molecule has 1 N–H and O–H groups in total. The van der Waals surface area contributed by atoms with Gasteiger partial charge in [0.1, 0.15) is 11.6 Å². The lowest BCUT2D eigenvalue weighted by molar-refractivity contribution is 0.0199. The highest BCUT2D eigenvalue weighted by Gasteiger charge is 2.36. The fourth-order valence-electron chi connectivity index (χ4n) is 3.32. The van der Waals surface area contributed by atoms with Crippen LogP contribution < -0.4 is 0 Å². The van der Waals surface area contributed by atoms with Crippen LogP contribution in [0.1, 0.15) is 45.5 Å². The first-order chi connectivity index (χ1) is 12.4. The van der Waals surface area contributed by atoms with Gasteiger partial charge in [0.25, 0.3) is 0 Å². The first-order valence-corrected chi connectivity index (χ1v) is 8.82. The minimum atomic E-state index is -0.534. The van der Waals surface area contributed by atoms with Crippen LogP contribution in [-0.4, -0.2) is 38.3 Å². The molecule has 1 aliphatic heterocycles. The van der Waals surface area contributed by atoms with Crippen molar-refractivity contribution in [2.24, 2.45) is 0 Å². The lowest BCUT2D eigenvalue weighted by Gasteiger charge is -2.26. The number of nitrogens with one attached hydrogen (secondary N) is 1. The second-order valence-corrected chi connectivity index (χ2v) is 7.53. The van der Waals surface area contributed by atoms with E-state index in [0.717, 1.165) is 29.3 Å². The number of aromatic amines is 1. The minimum absolute atomic E-state index is 0.239. The van der Waals surface area contributed by atoms with E-state index in [-0.39, 0.29) is 12.1 Å². The Bertz CT molecular complexity index is 938. The second kappa shape index (κ2) is 6.16. The van der Waals surface area contributed by atoms with Gasteiger partial charge in [-0.3, -0.25) is 4.90 Å². The normalized spacial score (nSPS) is 17.8. The lowest BCUT2D eigenvalue weighted by Crippen LogP contribution is -2.36. The summed E-state index contributed by atoms with van der Waals surface area (Å²) in [6, 6.07) is 7.67. The van der Waals surface area contributed by atoms with Crippen molar-refractivity contribution in [1.29, 1.82) is 0 Å². The molecule has 1 aliphatic rings. The molecule has 136 valence electrons. The molecule has 0 unspecified atom stereocenters. The third-order valence-electron chi connectivity index (χ3n) is 4.44. The van der Waals surface area contributed by atoms with Crippen LogP contribution in [0.2, 0.25) is 0 Å². The Balaban J connectivity index is 1.61.